The van der Waals surface area contributed by atoms with Gasteiger partial charge in [-0.15, -0.1) is 4.72 Å². The second-order valence-electron chi connectivity index (χ2n) is 4.81. The number of carbonyl (C=O) groups excluding carboxylic acids is 1. The number of unbranched alkanes of at least 4 members (excludes halogenated alkanes) is 1. The van der Waals surface area contributed by atoms with E-state index in [4.69, 9.17) is 0 Å². The minimum Gasteiger partial charge on any atom is -0.598 e. The Bertz CT molecular complexity index is 459. The van der Waals surface area contributed by atoms with Gasteiger partial charge in [-0.05, 0) is 19.4 Å². The normalized spacial score (nSPS) is 15.7. The van der Waals surface area contributed by atoms with Gasteiger partial charge < -0.3 is 9.35 Å². The second-order valence-corrected chi connectivity index (χ2v) is 6.11. The summed E-state index contributed by atoms with van der Waals surface area (Å²) < 4.78 is 41.9. The van der Waals surface area contributed by atoms with E-state index >= 15 is 0 Å². The summed E-state index contributed by atoms with van der Waals surface area (Å²) in [5.41, 5.74) is -1.18. The van der Waals surface area contributed by atoms with E-state index in [0.717, 1.165) is 18.9 Å². The zero-order valence-corrected chi connectivity index (χ0v) is 12.4. The minimum absolute atomic E-state index is 0.00875. The third-order valence-corrected chi connectivity index (χ3v) is 4.40. The first kappa shape index (κ1) is 17.1. The van der Waals surface area contributed by atoms with Crippen LogP contribution in [0.25, 0.3) is 0 Å². The van der Waals surface area contributed by atoms with Crippen molar-refractivity contribution >= 4 is 17.6 Å². The maximum Gasteiger partial charge on any atom is 0.164 e. The molecule has 0 amide bonds. The molecule has 0 bridgehead atoms. The predicted octanol–water partition coefficient (Wildman–Crippen LogP) is 2.82. The molecular formula is C14H19F2NO2S. The van der Waals surface area contributed by atoms with Gasteiger partial charge in [0.1, 0.15) is 12.0 Å². The summed E-state index contributed by atoms with van der Waals surface area (Å²) in [5, 5.41) is 0. The molecule has 1 aromatic rings. The Balaban J connectivity index is 3.01. The molecule has 112 valence electrons. The van der Waals surface area contributed by atoms with Crippen LogP contribution in [0.2, 0.25) is 0 Å². The average Bonchev–Trinajstić information content (AvgIpc) is 2.39. The maximum absolute atomic E-state index is 13.9. The van der Waals surface area contributed by atoms with Gasteiger partial charge in [-0.1, -0.05) is 25.5 Å². The molecule has 0 aliphatic carbocycles. The molecule has 6 heteroatoms. The predicted molar refractivity (Wildman–Crippen MR) is 75.4 cm³/mol. The Morgan fingerprint density at radius 2 is 2.15 bits per heavy atom. The molecule has 3 nitrogen and oxygen atoms in total. The van der Waals surface area contributed by atoms with Crippen LogP contribution in [0, 0.1) is 11.6 Å². The Hall–Kier alpha value is -0.980. The third-order valence-electron chi connectivity index (χ3n) is 3.06. The van der Waals surface area contributed by atoms with Crippen LogP contribution < -0.4 is 4.72 Å². The lowest BCUT2D eigenvalue weighted by Crippen LogP contribution is -2.45. The number of hydrogen-bond acceptors (Lipinski definition) is 3. The first-order chi connectivity index (χ1) is 9.44. The van der Waals surface area contributed by atoms with Gasteiger partial charge in [-0.3, -0.25) is 0 Å². The summed E-state index contributed by atoms with van der Waals surface area (Å²) in [6.45, 7) is 3.51. The van der Waals surface area contributed by atoms with Crippen LogP contribution in [0.15, 0.2) is 18.2 Å². The smallest absolute Gasteiger partial charge is 0.164 e. The largest absolute Gasteiger partial charge is 0.598 e. The molecule has 0 saturated carbocycles. The summed E-state index contributed by atoms with van der Waals surface area (Å²) in [6.07, 6.45) is 2.15. The number of halogens is 2. The Kier molecular flexibility index (Phi) is 6.58. The Morgan fingerprint density at radius 1 is 1.45 bits per heavy atom. The molecular weight excluding hydrogens is 284 g/mol. The zero-order chi connectivity index (χ0) is 15.2. The van der Waals surface area contributed by atoms with Crippen LogP contribution >= 0.6 is 0 Å². The van der Waals surface area contributed by atoms with Crippen molar-refractivity contribution in [1.82, 2.24) is 4.72 Å². The molecule has 0 aliphatic heterocycles. The molecule has 1 N–H and O–H groups in total. The fourth-order valence-electron chi connectivity index (χ4n) is 1.88. The van der Waals surface area contributed by atoms with Gasteiger partial charge in [-0.25, -0.2) is 8.78 Å². The maximum atomic E-state index is 13.9. The van der Waals surface area contributed by atoms with Gasteiger partial charge in [0, 0.05) is 23.3 Å². The molecule has 0 radical (unpaired) electrons. The fourth-order valence-corrected chi connectivity index (χ4v) is 3.23. The molecule has 0 fully saturated rings. The highest BCUT2D eigenvalue weighted by Crippen LogP contribution is 2.28. The number of carbonyl (C=O) groups is 1. The third kappa shape index (κ3) is 4.26. The molecule has 0 spiro atoms. The second kappa shape index (κ2) is 7.71. The quantitative estimate of drug-likeness (QED) is 0.593. The highest BCUT2D eigenvalue weighted by Gasteiger charge is 2.34. The van der Waals surface area contributed by atoms with Gasteiger partial charge in [0.15, 0.2) is 11.6 Å². The summed E-state index contributed by atoms with van der Waals surface area (Å²) in [5.74, 6) is -1.60. The van der Waals surface area contributed by atoms with E-state index in [1.165, 1.54) is 12.1 Å². The van der Waals surface area contributed by atoms with Gasteiger partial charge >= 0.3 is 0 Å². The highest BCUT2D eigenvalue weighted by molar-refractivity contribution is 7.89. The standard InChI is InChI=1S/C14H19F2NO2S/c1-3-4-10-20(19)17-14(2,8-9-18)11-6-5-7-12(15)13(11)16/h5-7,9,17H,3-4,8,10H2,1-2H3/t14-,20?/m0/s1. The van der Waals surface area contributed by atoms with Crippen molar-refractivity contribution in [3.05, 3.63) is 35.4 Å². The molecule has 2 atom stereocenters. The van der Waals surface area contributed by atoms with Crippen molar-refractivity contribution in [2.24, 2.45) is 0 Å². The Labute approximate surface area is 121 Å². The molecule has 1 unspecified atom stereocenters. The van der Waals surface area contributed by atoms with Crippen molar-refractivity contribution in [3.8, 4) is 0 Å². The summed E-state index contributed by atoms with van der Waals surface area (Å²) in [7, 11) is 0. The first-order valence-corrected chi connectivity index (χ1v) is 7.80. The lowest BCUT2D eigenvalue weighted by atomic mass is 9.90. The van der Waals surface area contributed by atoms with Gasteiger partial charge in [0.25, 0.3) is 0 Å². The first-order valence-electron chi connectivity index (χ1n) is 6.49. The molecule has 0 saturated heterocycles. The molecule has 1 rings (SSSR count). The van der Waals surface area contributed by atoms with Gasteiger partial charge in [0.05, 0.1) is 5.54 Å². The molecule has 0 heterocycles. The van der Waals surface area contributed by atoms with Crippen molar-refractivity contribution in [1.29, 1.82) is 0 Å². The molecule has 0 aromatic heterocycles. The number of hydrogen-bond donors (Lipinski definition) is 1. The van der Waals surface area contributed by atoms with E-state index in [2.05, 4.69) is 4.72 Å². The lowest BCUT2D eigenvalue weighted by molar-refractivity contribution is -0.108. The van der Waals surface area contributed by atoms with E-state index in [0.29, 0.717) is 12.0 Å². The van der Waals surface area contributed by atoms with E-state index < -0.39 is 28.5 Å². The monoisotopic (exact) mass is 303 g/mol. The molecule has 0 aliphatic rings. The minimum atomic E-state index is -1.40. The van der Waals surface area contributed by atoms with Crippen LogP contribution in [-0.2, 0) is 21.7 Å². The average molecular weight is 303 g/mol. The fraction of sp³-hybridized carbons (Fsp3) is 0.500. The number of nitrogens with one attached hydrogen (secondary N) is 1. The SMILES string of the molecule is CCCC[S+]([O-])N[C@@](C)(CC=O)c1cccc(F)c1F. The summed E-state index contributed by atoms with van der Waals surface area (Å²) >= 11 is -1.40. The van der Waals surface area contributed by atoms with Crippen molar-refractivity contribution in [2.75, 3.05) is 5.75 Å². The topological polar surface area (TPSA) is 52.2 Å². The van der Waals surface area contributed by atoms with Crippen LogP contribution in [-0.4, -0.2) is 16.6 Å². The summed E-state index contributed by atoms with van der Waals surface area (Å²) in [4.78, 5) is 10.8. The number of aldehydes is 1. The molecule has 1 aromatic carbocycles. The number of rotatable bonds is 8. The van der Waals surface area contributed by atoms with Crippen molar-refractivity contribution in [2.45, 2.75) is 38.6 Å². The van der Waals surface area contributed by atoms with E-state index in [9.17, 15) is 18.1 Å². The number of benzene rings is 1. The van der Waals surface area contributed by atoms with Gasteiger partial charge in [0.2, 0.25) is 0 Å². The Morgan fingerprint density at radius 3 is 2.75 bits per heavy atom. The van der Waals surface area contributed by atoms with E-state index in [1.54, 1.807) is 6.92 Å². The van der Waals surface area contributed by atoms with Crippen molar-refractivity contribution in [3.63, 3.8) is 0 Å². The van der Waals surface area contributed by atoms with Gasteiger partial charge in [-0.2, -0.15) is 0 Å². The van der Waals surface area contributed by atoms with Crippen LogP contribution in [0.3, 0.4) is 0 Å². The molecule has 20 heavy (non-hydrogen) atoms. The van der Waals surface area contributed by atoms with Crippen LogP contribution in [0.1, 0.15) is 38.7 Å². The van der Waals surface area contributed by atoms with E-state index in [-0.39, 0.29) is 12.0 Å². The van der Waals surface area contributed by atoms with Crippen LogP contribution in [0.5, 0.6) is 0 Å². The van der Waals surface area contributed by atoms with E-state index in [1.807, 2.05) is 6.92 Å². The lowest BCUT2D eigenvalue weighted by Gasteiger charge is -2.29. The zero-order valence-electron chi connectivity index (χ0n) is 11.6. The van der Waals surface area contributed by atoms with Crippen LogP contribution in [0.4, 0.5) is 8.78 Å². The van der Waals surface area contributed by atoms with Crippen molar-refractivity contribution < 1.29 is 18.1 Å². The summed E-state index contributed by atoms with van der Waals surface area (Å²) in [6, 6.07) is 3.77. The highest BCUT2D eigenvalue weighted by atomic mass is 32.2.